The molecule has 3 heterocycles. The Bertz CT molecular complexity index is 1200. The predicted molar refractivity (Wildman–Crippen MR) is 151 cm³/mol. The number of halogens is 2. The molecule has 8 nitrogen and oxygen atoms in total. The SMILES string of the molecule is O=C(Nc1ccc(Cl)cc1)C1N(CCCCCCO)C(=O)[C@@H]2[C@H](C(=O)NCc3ccccc3)[C@H]3OC12CC3Br. The maximum atomic E-state index is 14.0. The molecule has 0 aliphatic carbocycles. The van der Waals surface area contributed by atoms with Crippen LogP contribution in [0.4, 0.5) is 5.69 Å². The van der Waals surface area contributed by atoms with Crippen LogP contribution in [0.1, 0.15) is 37.7 Å². The largest absolute Gasteiger partial charge is 0.396 e. The molecule has 0 radical (unpaired) electrons. The normalized spacial score (nSPS) is 28.9. The number of hydrogen-bond acceptors (Lipinski definition) is 5. The molecule has 6 atom stereocenters. The van der Waals surface area contributed by atoms with Gasteiger partial charge in [-0.1, -0.05) is 70.7 Å². The molecule has 3 amide bonds. The Kier molecular flexibility index (Phi) is 8.61. The summed E-state index contributed by atoms with van der Waals surface area (Å²) in [6, 6.07) is 15.5. The van der Waals surface area contributed by atoms with Gasteiger partial charge in [0, 0.05) is 35.2 Å². The highest BCUT2D eigenvalue weighted by atomic mass is 79.9. The highest BCUT2D eigenvalue weighted by molar-refractivity contribution is 9.09. The van der Waals surface area contributed by atoms with Crippen LogP contribution in [0.15, 0.2) is 54.6 Å². The predicted octanol–water partition coefficient (Wildman–Crippen LogP) is 3.90. The van der Waals surface area contributed by atoms with Gasteiger partial charge in [0.05, 0.1) is 17.9 Å². The Morgan fingerprint density at radius 1 is 1.05 bits per heavy atom. The van der Waals surface area contributed by atoms with Gasteiger partial charge in [-0.3, -0.25) is 14.4 Å². The van der Waals surface area contributed by atoms with E-state index in [0.717, 1.165) is 18.4 Å². The quantitative estimate of drug-likeness (QED) is 0.262. The number of alkyl halides is 1. The molecule has 39 heavy (non-hydrogen) atoms. The summed E-state index contributed by atoms with van der Waals surface area (Å²) >= 11 is 9.72. The number of amides is 3. The van der Waals surface area contributed by atoms with E-state index in [0.29, 0.717) is 43.1 Å². The molecular formula is C29H33BrClN3O5. The van der Waals surface area contributed by atoms with E-state index in [2.05, 4.69) is 26.6 Å². The Balaban J connectivity index is 1.40. The number of nitrogens with zero attached hydrogens (tertiary/aromatic N) is 1. The number of ether oxygens (including phenoxy) is 1. The summed E-state index contributed by atoms with van der Waals surface area (Å²) in [5, 5.41) is 15.6. The van der Waals surface area contributed by atoms with Gasteiger partial charge in [-0.25, -0.2) is 0 Å². The lowest BCUT2D eigenvalue weighted by Crippen LogP contribution is -2.54. The molecule has 2 aromatic carbocycles. The van der Waals surface area contributed by atoms with Crippen LogP contribution >= 0.6 is 27.5 Å². The average Bonchev–Trinajstić information content (AvgIpc) is 3.52. The first-order chi connectivity index (χ1) is 18.9. The van der Waals surface area contributed by atoms with E-state index in [1.54, 1.807) is 29.2 Å². The van der Waals surface area contributed by atoms with Gasteiger partial charge in [-0.2, -0.15) is 0 Å². The van der Waals surface area contributed by atoms with Crippen LogP contribution in [-0.2, 0) is 25.7 Å². The van der Waals surface area contributed by atoms with Crippen LogP contribution in [0.25, 0.3) is 0 Å². The summed E-state index contributed by atoms with van der Waals surface area (Å²) in [4.78, 5) is 42.9. The average molecular weight is 619 g/mol. The van der Waals surface area contributed by atoms with E-state index in [1.807, 2.05) is 30.3 Å². The zero-order chi connectivity index (χ0) is 27.6. The maximum absolute atomic E-state index is 14.0. The molecule has 3 N–H and O–H groups in total. The minimum Gasteiger partial charge on any atom is -0.396 e. The number of carbonyl (C=O) groups excluding carboxylic acids is 3. The number of hydrogen-bond donors (Lipinski definition) is 3. The van der Waals surface area contributed by atoms with Gasteiger partial charge in [0.1, 0.15) is 11.6 Å². The number of unbranched alkanes of at least 4 members (excludes halogenated alkanes) is 3. The number of rotatable bonds is 11. The van der Waals surface area contributed by atoms with Gasteiger partial charge in [-0.05, 0) is 49.1 Å². The van der Waals surface area contributed by atoms with Crippen molar-refractivity contribution in [2.45, 2.75) is 61.2 Å². The van der Waals surface area contributed by atoms with E-state index >= 15 is 0 Å². The highest BCUT2D eigenvalue weighted by Gasteiger charge is 2.76. The number of aliphatic hydroxyl groups is 1. The molecular weight excluding hydrogens is 586 g/mol. The number of aliphatic hydroxyl groups excluding tert-OH is 1. The Morgan fingerprint density at radius 2 is 1.77 bits per heavy atom. The van der Waals surface area contributed by atoms with Crippen molar-refractivity contribution in [1.82, 2.24) is 10.2 Å². The van der Waals surface area contributed by atoms with E-state index in [4.69, 9.17) is 21.4 Å². The fraction of sp³-hybridized carbons (Fsp3) is 0.483. The Labute approximate surface area is 241 Å². The van der Waals surface area contributed by atoms with Crippen molar-refractivity contribution in [3.05, 3.63) is 65.2 Å². The zero-order valence-electron chi connectivity index (χ0n) is 21.5. The van der Waals surface area contributed by atoms with Crippen molar-refractivity contribution in [2.24, 2.45) is 11.8 Å². The Hall–Kier alpha value is -2.46. The second-order valence-corrected chi connectivity index (χ2v) is 12.1. The maximum Gasteiger partial charge on any atom is 0.250 e. The molecule has 2 aromatic rings. The molecule has 208 valence electrons. The van der Waals surface area contributed by atoms with Crippen molar-refractivity contribution >= 4 is 50.9 Å². The Morgan fingerprint density at radius 3 is 2.49 bits per heavy atom. The third-order valence-electron chi connectivity index (χ3n) is 8.07. The van der Waals surface area contributed by atoms with Crippen LogP contribution in [0, 0.1) is 11.8 Å². The standard InChI is InChI=1S/C29H33BrClN3O5/c30-21-16-29-23(22(24(21)39-29)26(36)32-17-18-8-4-3-5-9-18)28(38)34(14-6-1-2-7-15-35)25(29)27(37)33-20-12-10-19(31)11-13-20/h3-5,8-13,21-25,35H,1-2,6-7,14-17H2,(H,32,36)(H,33,37)/t21?,22-,23-,24-,25?,29?/m0/s1. The minimum absolute atomic E-state index is 0.127. The van der Waals surface area contributed by atoms with Crippen molar-refractivity contribution in [1.29, 1.82) is 0 Å². The molecule has 0 aromatic heterocycles. The number of anilines is 1. The summed E-state index contributed by atoms with van der Waals surface area (Å²) in [6.45, 7) is 0.848. The summed E-state index contributed by atoms with van der Waals surface area (Å²) in [5.74, 6) is -2.24. The molecule has 1 spiro atoms. The summed E-state index contributed by atoms with van der Waals surface area (Å²) in [7, 11) is 0. The lowest BCUT2D eigenvalue weighted by Gasteiger charge is -2.34. The van der Waals surface area contributed by atoms with Crippen molar-refractivity contribution < 1.29 is 24.2 Å². The topological polar surface area (TPSA) is 108 Å². The van der Waals surface area contributed by atoms with E-state index < -0.39 is 29.6 Å². The summed E-state index contributed by atoms with van der Waals surface area (Å²) in [5.41, 5.74) is 0.425. The smallest absolute Gasteiger partial charge is 0.250 e. The highest BCUT2D eigenvalue weighted by Crippen LogP contribution is 2.60. The van der Waals surface area contributed by atoms with Gasteiger partial charge in [0.2, 0.25) is 17.7 Å². The van der Waals surface area contributed by atoms with E-state index in [1.165, 1.54) is 0 Å². The number of carbonyl (C=O) groups is 3. The number of likely N-dealkylation sites (tertiary alicyclic amines) is 1. The van der Waals surface area contributed by atoms with Gasteiger partial charge in [0.15, 0.2) is 0 Å². The number of fused-ring (bicyclic) bond motifs is 1. The zero-order valence-corrected chi connectivity index (χ0v) is 23.9. The molecule has 3 fully saturated rings. The lowest BCUT2D eigenvalue weighted by molar-refractivity contribution is -0.140. The second kappa shape index (κ2) is 12.0. The summed E-state index contributed by atoms with van der Waals surface area (Å²) in [6.07, 6.45) is 2.98. The monoisotopic (exact) mass is 617 g/mol. The molecule has 3 unspecified atom stereocenters. The van der Waals surface area contributed by atoms with Crippen LogP contribution in [-0.4, -0.2) is 63.5 Å². The fourth-order valence-electron chi connectivity index (χ4n) is 6.36. The fourth-order valence-corrected chi connectivity index (χ4v) is 7.43. The molecule has 3 aliphatic rings. The van der Waals surface area contributed by atoms with Crippen LogP contribution < -0.4 is 10.6 Å². The molecule has 3 saturated heterocycles. The van der Waals surface area contributed by atoms with Gasteiger partial charge in [0.25, 0.3) is 0 Å². The van der Waals surface area contributed by atoms with Gasteiger partial charge < -0.3 is 25.4 Å². The molecule has 0 saturated carbocycles. The van der Waals surface area contributed by atoms with E-state index in [9.17, 15) is 14.4 Å². The van der Waals surface area contributed by atoms with E-state index in [-0.39, 0.29) is 29.2 Å². The van der Waals surface area contributed by atoms with Gasteiger partial charge in [-0.15, -0.1) is 0 Å². The lowest BCUT2D eigenvalue weighted by atomic mass is 9.70. The second-order valence-electron chi connectivity index (χ2n) is 10.5. The third kappa shape index (κ3) is 5.46. The summed E-state index contributed by atoms with van der Waals surface area (Å²) < 4.78 is 6.53. The first-order valence-electron chi connectivity index (χ1n) is 13.5. The number of nitrogens with one attached hydrogen (secondary N) is 2. The first kappa shape index (κ1) is 28.1. The van der Waals surface area contributed by atoms with Crippen LogP contribution in [0.5, 0.6) is 0 Å². The molecule has 10 heteroatoms. The van der Waals surface area contributed by atoms with Crippen LogP contribution in [0.2, 0.25) is 5.02 Å². The van der Waals surface area contributed by atoms with Crippen molar-refractivity contribution in [2.75, 3.05) is 18.5 Å². The molecule has 2 bridgehead atoms. The number of benzene rings is 2. The third-order valence-corrected chi connectivity index (χ3v) is 9.17. The van der Waals surface area contributed by atoms with Gasteiger partial charge >= 0.3 is 0 Å². The van der Waals surface area contributed by atoms with Crippen LogP contribution in [0.3, 0.4) is 0 Å². The van der Waals surface area contributed by atoms with Crippen molar-refractivity contribution in [3.8, 4) is 0 Å². The van der Waals surface area contributed by atoms with Crippen molar-refractivity contribution in [3.63, 3.8) is 0 Å². The minimum atomic E-state index is -1.10. The molecule has 5 rings (SSSR count). The molecule has 3 aliphatic heterocycles. The first-order valence-corrected chi connectivity index (χ1v) is 14.8.